The van der Waals surface area contributed by atoms with Gasteiger partial charge in [-0.2, -0.15) is 0 Å². The Hall–Kier alpha value is -0.860. The van der Waals surface area contributed by atoms with Crippen molar-refractivity contribution >= 4 is 0 Å². The average Bonchev–Trinajstić information content (AvgIpc) is 2.26. The minimum Gasteiger partial charge on any atom is -0.323 e. The first-order valence-corrected chi connectivity index (χ1v) is 7.37. The molecule has 2 N–H and O–H groups in total. The maximum absolute atomic E-state index is 6.42. The van der Waals surface area contributed by atoms with Crippen molar-refractivity contribution in [3.63, 3.8) is 0 Å². The van der Waals surface area contributed by atoms with Crippen LogP contribution in [0.1, 0.15) is 48.6 Å². The lowest BCUT2D eigenvalue weighted by molar-refractivity contribution is 0.267. The predicted molar refractivity (Wildman–Crippen MR) is 84.5 cm³/mol. The number of nitrogens with zero attached hydrogens (tertiary/aromatic N) is 1. The number of likely N-dealkylation sites (N-methyl/N-ethyl adjacent to an activating group) is 1. The van der Waals surface area contributed by atoms with Crippen molar-refractivity contribution in [1.29, 1.82) is 0 Å². The van der Waals surface area contributed by atoms with Gasteiger partial charge in [0, 0.05) is 19.1 Å². The van der Waals surface area contributed by atoms with Gasteiger partial charge in [0.2, 0.25) is 0 Å². The van der Waals surface area contributed by atoms with E-state index >= 15 is 0 Å². The van der Waals surface area contributed by atoms with Gasteiger partial charge < -0.3 is 10.6 Å². The molecule has 0 fully saturated rings. The lowest BCUT2D eigenvalue weighted by Crippen LogP contribution is -2.32. The monoisotopic (exact) mass is 262 g/mol. The molecule has 0 aliphatic carbocycles. The fourth-order valence-electron chi connectivity index (χ4n) is 2.94. The highest BCUT2D eigenvalue weighted by Crippen LogP contribution is 2.22. The molecular formula is C17H30N2. The van der Waals surface area contributed by atoms with Crippen molar-refractivity contribution in [2.75, 3.05) is 20.1 Å². The minimum atomic E-state index is 0.106. The van der Waals surface area contributed by atoms with Gasteiger partial charge in [-0.15, -0.1) is 0 Å². The van der Waals surface area contributed by atoms with Crippen molar-refractivity contribution in [2.45, 2.75) is 47.1 Å². The van der Waals surface area contributed by atoms with Crippen LogP contribution in [0.2, 0.25) is 0 Å². The molecule has 0 heterocycles. The van der Waals surface area contributed by atoms with Crippen LogP contribution >= 0.6 is 0 Å². The number of nitrogens with two attached hydrogens (primary N) is 1. The highest BCUT2D eigenvalue weighted by molar-refractivity contribution is 5.39. The van der Waals surface area contributed by atoms with E-state index in [-0.39, 0.29) is 6.04 Å². The van der Waals surface area contributed by atoms with Crippen molar-refractivity contribution in [3.8, 4) is 0 Å². The minimum absolute atomic E-state index is 0.106. The lowest BCUT2D eigenvalue weighted by Gasteiger charge is -2.26. The number of rotatable bonds is 6. The van der Waals surface area contributed by atoms with E-state index in [0.717, 1.165) is 19.0 Å². The van der Waals surface area contributed by atoms with Crippen LogP contribution in [-0.4, -0.2) is 25.0 Å². The molecule has 2 atom stereocenters. The first kappa shape index (κ1) is 16.2. The van der Waals surface area contributed by atoms with Gasteiger partial charge in [0.1, 0.15) is 0 Å². The van der Waals surface area contributed by atoms with Crippen molar-refractivity contribution in [1.82, 2.24) is 4.90 Å². The fraction of sp³-hybridized carbons (Fsp3) is 0.647. The van der Waals surface area contributed by atoms with Crippen molar-refractivity contribution in [3.05, 3.63) is 34.4 Å². The Morgan fingerprint density at radius 1 is 1.11 bits per heavy atom. The van der Waals surface area contributed by atoms with Gasteiger partial charge in [-0.05, 0) is 50.4 Å². The Kier molecular flexibility index (Phi) is 6.02. The van der Waals surface area contributed by atoms with E-state index in [1.54, 1.807) is 0 Å². The summed E-state index contributed by atoms with van der Waals surface area (Å²) in [5.74, 6) is 0.734. The van der Waals surface area contributed by atoms with Gasteiger partial charge >= 0.3 is 0 Å². The van der Waals surface area contributed by atoms with Gasteiger partial charge in [0.15, 0.2) is 0 Å². The SMILES string of the molecule is CCC(C)CN(C)CC(N)c1c(C)cc(C)cc1C. The molecule has 0 radical (unpaired) electrons. The first-order chi connectivity index (χ1) is 8.85. The summed E-state index contributed by atoms with van der Waals surface area (Å²) in [6.45, 7) is 13.1. The Bertz CT molecular complexity index is 389. The summed E-state index contributed by atoms with van der Waals surface area (Å²) in [6.07, 6.45) is 1.22. The Morgan fingerprint density at radius 2 is 1.63 bits per heavy atom. The predicted octanol–water partition coefficient (Wildman–Crippen LogP) is 3.59. The maximum Gasteiger partial charge on any atom is 0.0429 e. The highest BCUT2D eigenvalue weighted by atomic mass is 15.1. The van der Waals surface area contributed by atoms with Crippen LogP contribution in [0, 0.1) is 26.7 Å². The van der Waals surface area contributed by atoms with Crippen LogP contribution in [0.15, 0.2) is 12.1 Å². The number of aryl methyl sites for hydroxylation is 3. The molecule has 0 aromatic heterocycles. The summed E-state index contributed by atoms with van der Waals surface area (Å²) < 4.78 is 0. The topological polar surface area (TPSA) is 29.3 Å². The summed E-state index contributed by atoms with van der Waals surface area (Å²) in [6, 6.07) is 4.57. The van der Waals surface area contributed by atoms with E-state index in [1.165, 1.54) is 28.7 Å². The summed E-state index contributed by atoms with van der Waals surface area (Å²) in [5, 5.41) is 0. The zero-order chi connectivity index (χ0) is 14.6. The van der Waals surface area contributed by atoms with Gasteiger partial charge in [-0.1, -0.05) is 38.0 Å². The molecule has 0 bridgehead atoms. The van der Waals surface area contributed by atoms with E-state index in [1.807, 2.05) is 0 Å². The molecule has 108 valence electrons. The standard InChI is InChI=1S/C17H30N2/c1-7-12(2)10-19(6)11-16(18)17-14(4)8-13(3)9-15(17)5/h8-9,12,16H,7,10-11,18H2,1-6H3. The molecule has 1 aromatic rings. The smallest absolute Gasteiger partial charge is 0.0429 e. The average molecular weight is 262 g/mol. The normalized spacial score (nSPS) is 14.7. The van der Waals surface area contributed by atoms with Crippen LogP contribution in [0.5, 0.6) is 0 Å². The number of benzene rings is 1. The largest absolute Gasteiger partial charge is 0.323 e. The van der Waals surface area contributed by atoms with Crippen LogP contribution in [-0.2, 0) is 0 Å². The van der Waals surface area contributed by atoms with Crippen molar-refractivity contribution in [2.24, 2.45) is 11.7 Å². The van der Waals surface area contributed by atoms with Crippen molar-refractivity contribution < 1.29 is 0 Å². The third-order valence-electron chi connectivity index (χ3n) is 3.94. The molecule has 0 saturated heterocycles. The molecule has 1 aromatic carbocycles. The number of hydrogen-bond donors (Lipinski definition) is 1. The van der Waals surface area contributed by atoms with Gasteiger partial charge in [-0.3, -0.25) is 0 Å². The molecule has 0 spiro atoms. The van der Waals surface area contributed by atoms with Crippen LogP contribution in [0.3, 0.4) is 0 Å². The highest BCUT2D eigenvalue weighted by Gasteiger charge is 2.15. The van der Waals surface area contributed by atoms with Crippen LogP contribution in [0.25, 0.3) is 0 Å². The molecule has 1 rings (SSSR count). The van der Waals surface area contributed by atoms with E-state index < -0.39 is 0 Å². The summed E-state index contributed by atoms with van der Waals surface area (Å²) >= 11 is 0. The Balaban J connectivity index is 2.76. The second-order valence-corrected chi connectivity index (χ2v) is 6.15. The second kappa shape index (κ2) is 7.06. The van der Waals surface area contributed by atoms with Crippen LogP contribution in [0.4, 0.5) is 0 Å². The lowest BCUT2D eigenvalue weighted by atomic mass is 9.94. The van der Waals surface area contributed by atoms with Gasteiger partial charge in [0.05, 0.1) is 0 Å². The first-order valence-electron chi connectivity index (χ1n) is 7.37. The maximum atomic E-state index is 6.42. The summed E-state index contributed by atoms with van der Waals surface area (Å²) in [7, 11) is 2.17. The molecule has 0 amide bonds. The second-order valence-electron chi connectivity index (χ2n) is 6.15. The van der Waals surface area contributed by atoms with E-state index in [9.17, 15) is 0 Å². The summed E-state index contributed by atoms with van der Waals surface area (Å²) in [5.41, 5.74) is 11.7. The zero-order valence-corrected chi connectivity index (χ0v) is 13.5. The molecule has 2 heteroatoms. The molecule has 19 heavy (non-hydrogen) atoms. The van der Waals surface area contributed by atoms with Gasteiger partial charge in [0.25, 0.3) is 0 Å². The van der Waals surface area contributed by atoms with E-state index in [2.05, 4.69) is 58.7 Å². The third-order valence-corrected chi connectivity index (χ3v) is 3.94. The molecule has 0 aliphatic heterocycles. The molecule has 2 unspecified atom stereocenters. The molecule has 0 aliphatic rings. The molecule has 0 saturated carbocycles. The third kappa shape index (κ3) is 4.63. The summed E-state index contributed by atoms with van der Waals surface area (Å²) in [4.78, 5) is 2.36. The number of hydrogen-bond acceptors (Lipinski definition) is 2. The Morgan fingerprint density at radius 3 is 2.11 bits per heavy atom. The van der Waals surface area contributed by atoms with Gasteiger partial charge in [-0.25, -0.2) is 0 Å². The van der Waals surface area contributed by atoms with E-state index in [4.69, 9.17) is 5.73 Å². The Labute approximate surface area is 119 Å². The quantitative estimate of drug-likeness (QED) is 0.849. The molecular weight excluding hydrogens is 232 g/mol. The zero-order valence-electron chi connectivity index (χ0n) is 13.5. The fourth-order valence-corrected chi connectivity index (χ4v) is 2.94. The van der Waals surface area contributed by atoms with E-state index in [0.29, 0.717) is 0 Å². The van der Waals surface area contributed by atoms with Crippen LogP contribution < -0.4 is 5.73 Å². The molecule has 2 nitrogen and oxygen atoms in total.